The van der Waals surface area contributed by atoms with Crippen LogP contribution in [0.2, 0.25) is 0 Å². The zero-order valence-corrected chi connectivity index (χ0v) is 26.1. The van der Waals surface area contributed by atoms with Crippen LogP contribution < -0.4 is 34.4 Å². The fraction of sp³-hybridized carbons (Fsp3) is 0.750. The number of unbranched alkanes of at least 4 members (excludes halogenated alkanes) is 1. The van der Waals surface area contributed by atoms with E-state index in [1.54, 1.807) is 0 Å². The van der Waals surface area contributed by atoms with Crippen LogP contribution in [0.25, 0.3) is 0 Å². The number of carboxylic acids is 6. The van der Waals surface area contributed by atoms with Crippen molar-refractivity contribution in [3.05, 3.63) is 0 Å². The van der Waals surface area contributed by atoms with E-state index in [4.69, 9.17) is 69.5 Å². The second-order valence-electron chi connectivity index (χ2n) is 9.01. The van der Waals surface area contributed by atoms with Crippen LogP contribution in [0.15, 0.2) is 0 Å². The Morgan fingerprint density at radius 1 is 0.733 bits per heavy atom. The predicted molar refractivity (Wildman–Crippen MR) is 164 cm³/mol. The van der Waals surface area contributed by atoms with Gasteiger partial charge in [0.2, 0.25) is 0 Å². The Kier molecular flexibility index (Phi) is 38.6. The number of hydrogen-bond acceptors (Lipinski definition) is 15. The molecule has 0 heterocycles. The number of aliphatic carboxylic acids is 6. The lowest BCUT2D eigenvalue weighted by molar-refractivity contribution is -0.142. The van der Waals surface area contributed by atoms with Crippen LogP contribution in [0.3, 0.4) is 0 Å². The molecule has 0 saturated heterocycles. The van der Waals surface area contributed by atoms with Gasteiger partial charge in [-0.15, -0.1) is 0 Å². The van der Waals surface area contributed by atoms with Crippen LogP contribution in [0.4, 0.5) is 0 Å². The Hall–Kier alpha value is -3.15. The summed E-state index contributed by atoms with van der Waals surface area (Å²) < 4.78 is 0. The van der Waals surface area contributed by atoms with Gasteiger partial charge in [-0.2, -0.15) is 12.6 Å². The number of thiol groups is 1. The average molecular weight is 681 g/mol. The summed E-state index contributed by atoms with van der Waals surface area (Å²) in [4.78, 5) is 58.8. The van der Waals surface area contributed by atoms with Gasteiger partial charge in [-0.25, -0.2) is 0 Å². The standard InChI is InChI=1S/C6H14N2O2.C6H10O2.C4H9NO3.C3H7NO3.C3H7NO2S.C2H5NO2/c7-4-2-1-3-5(8)6(9)10;7-6(8)5-3-1-2-4-5;1-2(6)3(5)4(7)8;4-2(1-5)3(6)7;4-2(1-7)3(5)6;3-1-2(4)5/h5H,1-4,7-8H2,(H,9,10);5H,1-4H2,(H,7,8);2-3,6H,5H2,1H3,(H,7,8);2,5H,1,4H2,(H,6,7);2,7H,1,4H2,(H,5,6);1,3H2,(H,4,5). The van der Waals surface area contributed by atoms with E-state index in [9.17, 15) is 28.8 Å². The van der Waals surface area contributed by atoms with E-state index < -0.39 is 72.7 Å². The van der Waals surface area contributed by atoms with E-state index in [2.05, 4.69) is 18.4 Å². The number of hydrogen-bond donors (Lipinski definition) is 15. The third-order valence-electron chi connectivity index (χ3n) is 5.00. The molecule has 1 rings (SSSR count). The maximum absolute atomic E-state index is 10.2. The van der Waals surface area contributed by atoms with E-state index >= 15 is 0 Å². The van der Waals surface area contributed by atoms with Crippen molar-refractivity contribution in [3.63, 3.8) is 0 Å². The molecule has 1 saturated carbocycles. The zero-order chi connectivity index (χ0) is 36.7. The number of aliphatic hydroxyl groups is 2. The molecule has 1 aliphatic rings. The fourth-order valence-electron chi connectivity index (χ4n) is 2.17. The largest absolute Gasteiger partial charge is 0.481 e. The molecule has 0 aromatic heterocycles. The lowest BCUT2D eigenvalue weighted by Gasteiger charge is -2.06. The first-order valence-electron chi connectivity index (χ1n) is 13.4. The first kappa shape index (κ1) is 51.4. The molecule has 0 bridgehead atoms. The van der Waals surface area contributed by atoms with Gasteiger partial charge in [0.25, 0.3) is 0 Å². The highest BCUT2D eigenvalue weighted by atomic mass is 32.1. The Morgan fingerprint density at radius 3 is 1.27 bits per heavy atom. The minimum Gasteiger partial charge on any atom is -0.481 e. The number of rotatable bonds is 13. The summed E-state index contributed by atoms with van der Waals surface area (Å²) in [5.41, 5.74) is 29.6. The molecule has 20 nitrogen and oxygen atoms in total. The summed E-state index contributed by atoms with van der Waals surface area (Å²) in [7, 11) is 0. The van der Waals surface area contributed by atoms with Gasteiger partial charge < -0.3 is 75.3 Å². The van der Waals surface area contributed by atoms with Gasteiger partial charge in [0.05, 0.1) is 25.2 Å². The number of carboxylic acid groups (broad SMARTS) is 6. The average Bonchev–Trinajstić information content (AvgIpc) is 3.53. The molecular formula is C24H52N6O14S. The maximum Gasteiger partial charge on any atom is 0.323 e. The molecule has 0 aromatic rings. The Balaban J connectivity index is -0.000000144. The number of aliphatic hydroxyl groups excluding tert-OH is 2. The van der Waals surface area contributed by atoms with Crippen molar-refractivity contribution in [3.8, 4) is 0 Å². The lowest BCUT2D eigenvalue weighted by atomic mass is 10.1. The highest BCUT2D eigenvalue weighted by molar-refractivity contribution is 7.80. The summed E-state index contributed by atoms with van der Waals surface area (Å²) in [5.74, 6) is -5.70. The molecule has 0 spiro atoms. The SMILES string of the molecule is CC(O)C(N)C(=O)O.NC(CO)C(=O)O.NC(CS)C(=O)O.NCC(=O)O.NCCCCC(N)C(=O)O.O=C(O)C1CCCC1. The zero-order valence-electron chi connectivity index (χ0n) is 25.2. The lowest BCUT2D eigenvalue weighted by Crippen LogP contribution is -2.39. The third-order valence-corrected chi connectivity index (χ3v) is 5.39. The molecular weight excluding hydrogens is 628 g/mol. The topological polar surface area (TPSA) is 420 Å². The molecule has 1 fully saturated rings. The van der Waals surface area contributed by atoms with Crippen molar-refractivity contribution in [2.24, 2.45) is 40.3 Å². The van der Waals surface area contributed by atoms with Crippen LogP contribution in [0.1, 0.15) is 51.9 Å². The van der Waals surface area contributed by atoms with Crippen molar-refractivity contribution in [1.82, 2.24) is 0 Å². The van der Waals surface area contributed by atoms with Crippen LogP contribution >= 0.6 is 12.6 Å². The van der Waals surface area contributed by atoms with E-state index in [-0.39, 0.29) is 18.2 Å². The van der Waals surface area contributed by atoms with E-state index in [1.165, 1.54) is 6.92 Å². The molecule has 21 heteroatoms. The second kappa shape index (κ2) is 33.7. The Bertz CT molecular complexity index is 787. The van der Waals surface area contributed by atoms with Gasteiger partial charge in [-0.05, 0) is 39.2 Å². The van der Waals surface area contributed by atoms with Gasteiger partial charge in [0, 0.05) is 5.75 Å². The highest BCUT2D eigenvalue weighted by Gasteiger charge is 2.21. The van der Waals surface area contributed by atoms with Crippen LogP contribution in [0.5, 0.6) is 0 Å². The maximum atomic E-state index is 10.2. The second-order valence-corrected chi connectivity index (χ2v) is 9.37. The van der Waals surface area contributed by atoms with E-state index in [1.807, 2.05) is 0 Å². The van der Waals surface area contributed by atoms with Gasteiger partial charge in [0.15, 0.2) is 0 Å². The summed E-state index contributed by atoms with van der Waals surface area (Å²) in [6.45, 7) is 1.15. The number of carbonyl (C=O) groups is 6. The number of nitrogens with two attached hydrogens (primary N) is 6. The molecule has 5 atom stereocenters. The van der Waals surface area contributed by atoms with Crippen molar-refractivity contribution >= 4 is 48.4 Å². The van der Waals surface area contributed by atoms with Crippen LogP contribution in [-0.2, 0) is 28.8 Å². The monoisotopic (exact) mass is 680 g/mol. The van der Waals surface area contributed by atoms with Crippen molar-refractivity contribution in [2.75, 3.05) is 25.4 Å². The normalized spacial score (nSPS) is 14.8. The fourth-order valence-corrected chi connectivity index (χ4v) is 2.32. The van der Waals surface area contributed by atoms with Crippen LogP contribution in [-0.4, -0.2) is 132 Å². The summed E-state index contributed by atoms with van der Waals surface area (Å²) in [6, 6.07) is -3.81. The summed E-state index contributed by atoms with van der Waals surface area (Å²) in [5, 5.41) is 64.8. The first-order chi connectivity index (χ1) is 20.7. The van der Waals surface area contributed by atoms with Gasteiger partial charge in [0.1, 0.15) is 24.2 Å². The Morgan fingerprint density at radius 2 is 1.13 bits per heavy atom. The molecule has 20 N–H and O–H groups in total. The Labute approximate surface area is 266 Å². The minimum absolute atomic E-state index is 0.0185. The minimum atomic E-state index is -1.18. The summed E-state index contributed by atoms with van der Waals surface area (Å²) in [6.07, 6.45) is 5.20. The molecule has 0 radical (unpaired) electrons. The summed E-state index contributed by atoms with van der Waals surface area (Å²) >= 11 is 3.65. The van der Waals surface area contributed by atoms with Gasteiger partial charge in [-0.3, -0.25) is 28.8 Å². The third kappa shape index (κ3) is 40.9. The molecule has 0 amide bonds. The smallest absolute Gasteiger partial charge is 0.323 e. The molecule has 268 valence electrons. The highest BCUT2D eigenvalue weighted by Crippen LogP contribution is 2.24. The molecule has 1 aliphatic carbocycles. The molecule has 45 heavy (non-hydrogen) atoms. The van der Waals surface area contributed by atoms with Crippen LogP contribution in [0, 0.1) is 5.92 Å². The predicted octanol–water partition coefficient (Wildman–Crippen LogP) is -3.68. The molecule has 0 aromatic carbocycles. The van der Waals surface area contributed by atoms with Gasteiger partial charge in [-0.1, -0.05) is 19.3 Å². The molecule has 0 aliphatic heterocycles. The van der Waals surface area contributed by atoms with Crippen molar-refractivity contribution in [1.29, 1.82) is 0 Å². The van der Waals surface area contributed by atoms with E-state index in [0.29, 0.717) is 13.0 Å². The first-order valence-corrected chi connectivity index (χ1v) is 14.0. The van der Waals surface area contributed by atoms with Crippen molar-refractivity contribution < 1.29 is 69.6 Å². The van der Waals surface area contributed by atoms with Crippen molar-refractivity contribution in [2.45, 2.75) is 82.1 Å². The van der Waals surface area contributed by atoms with Gasteiger partial charge >= 0.3 is 35.8 Å². The van der Waals surface area contributed by atoms with E-state index in [0.717, 1.165) is 38.5 Å². The quantitative estimate of drug-likeness (QED) is 0.0657. The molecule has 5 unspecified atom stereocenters.